The predicted octanol–water partition coefficient (Wildman–Crippen LogP) is -2.53. The Labute approximate surface area is 237 Å². The molecule has 8 N–H and O–H groups in total. The van der Waals surface area contributed by atoms with E-state index in [4.69, 9.17) is 16.3 Å². The standard InChI is InChI=1S/C20H29N11O8S2/c21-6-3-7-23-8-13-26-29-30(27-13)9-12-15(17(33)31(12)41(36,37)38)25-16(32)14(11-10-40-19(22)24-11)28-39-20(18(34)35)4-1-2-5-20/h10,12,15,23H,1-9,21H2,(H2,22,24)(H,25,32)(H,34,35)(H,36,37,38)/b28-14-/t12-,15+/m1/s1. The SMILES string of the molecule is NCCCNCc1nnn(C[C@@H]2[C@H](NC(=O)/C(=N\OC3(C(=O)O)CCCC3)c3csc(N)n3)C(=O)N2S(=O)(=O)O)n1. The van der Waals surface area contributed by atoms with Crippen molar-refractivity contribution in [2.75, 3.05) is 18.8 Å². The third-order valence-electron chi connectivity index (χ3n) is 6.48. The smallest absolute Gasteiger partial charge is 0.362 e. The van der Waals surface area contributed by atoms with Crippen molar-refractivity contribution in [2.24, 2.45) is 10.9 Å². The van der Waals surface area contributed by atoms with E-state index in [0.717, 1.165) is 22.6 Å². The summed E-state index contributed by atoms with van der Waals surface area (Å²) in [7, 11) is -5.00. The highest BCUT2D eigenvalue weighted by Crippen LogP contribution is 2.34. The Morgan fingerprint density at radius 2 is 2.05 bits per heavy atom. The molecule has 4 rings (SSSR count). The van der Waals surface area contributed by atoms with Crippen LogP contribution in [-0.2, 0) is 42.6 Å². The van der Waals surface area contributed by atoms with Crippen LogP contribution in [0.5, 0.6) is 0 Å². The number of thiazole rings is 1. The molecule has 2 amide bonds. The van der Waals surface area contributed by atoms with E-state index in [9.17, 15) is 32.5 Å². The summed E-state index contributed by atoms with van der Waals surface area (Å²) >= 11 is 0.978. The fourth-order valence-electron chi connectivity index (χ4n) is 4.39. The van der Waals surface area contributed by atoms with Crippen molar-refractivity contribution in [3.05, 3.63) is 16.9 Å². The van der Waals surface area contributed by atoms with Gasteiger partial charge in [0.1, 0.15) is 17.8 Å². The van der Waals surface area contributed by atoms with Crippen molar-refractivity contribution in [2.45, 2.75) is 62.9 Å². The Hall–Kier alpha value is -3.79. The van der Waals surface area contributed by atoms with E-state index in [1.807, 2.05) is 0 Å². The van der Waals surface area contributed by atoms with Crippen LogP contribution in [0.2, 0.25) is 0 Å². The summed E-state index contributed by atoms with van der Waals surface area (Å²) in [5.74, 6) is -3.13. The molecule has 0 aromatic carbocycles. The van der Waals surface area contributed by atoms with Gasteiger partial charge in [0.05, 0.1) is 13.1 Å². The largest absolute Gasteiger partial charge is 0.478 e. The van der Waals surface area contributed by atoms with Crippen LogP contribution >= 0.6 is 11.3 Å². The van der Waals surface area contributed by atoms with Crippen LogP contribution in [0.1, 0.15) is 43.6 Å². The summed E-state index contributed by atoms with van der Waals surface area (Å²) in [4.78, 5) is 48.3. The number of carbonyl (C=O) groups excluding carboxylic acids is 2. The fraction of sp³-hybridized carbons (Fsp3) is 0.600. The summed E-state index contributed by atoms with van der Waals surface area (Å²) in [6, 6.07) is -2.81. The summed E-state index contributed by atoms with van der Waals surface area (Å²) in [5.41, 5.74) is 8.96. The van der Waals surface area contributed by atoms with Crippen LogP contribution in [0, 0.1) is 0 Å². The maximum atomic E-state index is 13.3. The molecule has 1 saturated heterocycles. The summed E-state index contributed by atoms with van der Waals surface area (Å²) in [6.07, 6.45) is 2.23. The second-order valence-corrected chi connectivity index (χ2v) is 11.5. The van der Waals surface area contributed by atoms with E-state index in [1.54, 1.807) is 0 Å². The Balaban J connectivity index is 1.54. The van der Waals surface area contributed by atoms with Crippen molar-refractivity contribution in [1.82, 2.24) is 40.1 Å². The molecule has 224 valence electrons. The number of nitrogens with zero attached hydrogens (tertiary/aromatic N) is 7. The van der Waals surface area contributed by atoms with Gasteiger partial charge in [0, 0.05) is 18.2 Å². The number of hydrogen-bond acceptors (Lipinski definition) is 15. The maximum Gasteiger partial charge on any atom is 0.362 e. The predicted molar refractivity (Wildman–Crippen MR) is 140 cm³/mol. The quantitative estimate of drug-likeness (QED) is 0.0420. The average molecular weight is 616 g/mol. The molecule has 0 radical (unpaired) electrons. The molecular formula is C20H29N11O8S2. The molecule has 2 aliphatic rings. The zero-order chi connectivity index (χ0) is 29.8. The lowest BCUT2D eigenvalue weighted by Gasteiger charge is -2.43. The van der Waals surface area contributed by atoms with Crippen LogP contribution in [0.4, 0.5) is 5.13 Å². The number of oxime groups is 1. The number of anilines is 1. The Kier molecular flexibility index (Phi) is 9.11. The van der Waals surface area contributed by atoms with Crippen LogP contribution in [-0.4, -0.2) is 102 Å². The van der Waals surface area contributed by atoms with Crippen molar-refractivity contribution >= 4 is 50.3 Å². The molecule has 1 saturated carbocycles. The molecule has 3 heterocycles. The topological polar surface area (TPSA) is 283 Å². The number of nitrogens with two attached hydrogens (primary N) is 2. The Bertz CT molecular complexity index is 1420. The zero-order valence-electron chi connectivity index (χ0n) is 21.5. The van der Waals surface area contributed by atoms with Crippen LogP contribution in [0.3, 0.4) is 0 Å². The number of carbonyl (C=O) groups is 3. The number of aromatic nitrogens is 5. The zero-order valence-corrected chi connectivity index (χ0v) is 23.2. The van der Waals surface area contributed by atoms with Gasteiger partial charge in [-0.05, 0) is 37.6 Å². The number of β-lactam (4-membered cyclic amide) rings is 1. The number of amides is 2. The molecule has 2 aromatic rings. The Morgan fingerprint density at radius 3 is 2.66 bits per heavy atom. The molecule has 1 aliphatic heterocycles. The Morgan fingerprint density at radius 1 is 1.32 bits per heavy atom. The van der Waals surface area contributed by atoms with Gasteiger partial charge in [-0.3, -0.25) is 14.1 Å². The minimum atomic E-state index is -5.00. The third-order valence-corrected chi connectivity index (χ3v) is 8.10. The molecule has 0 bridgehead atoms. The third kappa shape index (κ3) is 6.75. The summed E-state index contributed by atoms with van der Waals surface area (Å²) in [6.45, 7) is 0.996. The fourth-order valence-corrected chi connectivity index (χ4v) is 5.81. The average Bonchev–Trinajstić information content (AvgIpc) is 3.66. The second kappa shape index (κ2) is 12.4. The van der Waals surface area contributed by atoms with Crippen molar-refractivity contribution < 1.29 is 37.3 Å². The number of carboxylic acids is 1. The number of tetrazole rings is 1. The van der Waals surface area contributed by atoms with E-state index in [0.29, 0.717) is 25.9 Å². The molecule has 19 nitrogen and oxygen atoms in total. The molecule has 2 atom stereocenters. The van der Waals surface area contributed by atoms with Crippen LogP contribution in [0.15, 0.2) is 10.5 Å². The number of rotatable bonds is 14. The summed E-state index contributed by atoms with van der Waals surface area (Å²) in [5, 5.41) is 32.2. The van der Waals surface area contributed by atoms with E-state index in [1.165, 1.54) is 5.38 Å². The van der Waals surface area contributed by atoms with Gasteiger partial charge in [-0.15, -0.1) is 21.5 Å². The molecule has 0 unspecified atom stereocenters. The first kappa shape index (κ1) is 30.2. The van der Waals surface area contributed by atoms with Gasteiger partial charge in [-0.2, -0.15) is 13.2 Å². The van der Waals surface area contributed by atoms with Gasteiger partial charge >= 0.3 is 16.3 Å². The van der Waals surface area contributed by atoms with Gasteiger partial charge in [0.2, 0.25) is 5.60 Å². The van der Waals surface area contributed by atoms with E-state index >= 15 is 0 Å². The highest BCUT2D eigenvalue weighted by atomic mass is 32.2. The minimum Gasteiger partial charge on any atom is -0.478 e. The molecule has 2 fully saturated rings. The maximum absolute atomic E-state index is 13.3. The first-order chi connectivity index (χ1) is 19.4. The molecule has 41 heavy (non-hydrogen) atoms. The lowest BCUT2D eigenvalue weighted by atomic mass is 9.98. The van der Waals surface area contributed by atoms with Gasteiger partial charge in [0.15, 0.2) is 16.7 Å². The monoisotopic (exact) mass is 615 g/mol. The van der Waals surface area contributed by atoms with Crippen LogP contribution in [0.25, 0.3) is 0 Å². The number of carboxylic acid groups (broad SMARTS) is 1. The van der Waals surface area contributed by atoms with E-state index in [2.05, 4.69) is 36.2 Å². The number of nitrogens with one attached hydrogen (secondary N) is 2. The lowest BCUT2D eigenvalue weighted by Crippen LogP contribution is -2.73. The molecule has 0 spiro atoms. The lowest BCUT2D eigenvalue weighted by molar-refractivity contribution is -0.165. The van der Waals surface area contributed by atoms with Crippen molar-refractivity contribution in [3.63, 3.8) is 0 Å². The number of hydrogen-bond donors (Lipinski definition) is 6. The highest BCUT2D eigenvalue weighted by Gasteiger charge is 2.55. The van der Waals surface area contributed by atoms with Crippen LogP contribution < -0.4 is 22.1 Å². The molecule has 21 heteroatoms. The van der Waals surface area contributed by atoms with Gasteiger partial charge < -0.3 is 32.0 Å². The number of nitrogen functional groups attached to an aromatic ring is 1. The van der Waals surface area contributed by atoms with E-state index < -0.39 is 51.5 Å². The van der Waals surface area contributed by atoms with Gasteiger partial charge in [-0.1, -0.05) is 5.16 Å². The normalized spacial score (nSPS) is 20.6. The minimum absolute atomic E-state index is 0.0526. The van der Waals surface area contributed by atoms with Crippen molar-refractivity contribution in [1.29, 1.82) is 0 Å². The molecule has 1 aliphatic carbocycles. The number of aliphatic carboxylic acids is 1. The summed E-state index contributed by atoms with van der Waals surface area (Å²) < 4.78 is 33.6. The molecular weight excluding hydrogens is 586 g/mol. The van der Waals surface area contributed by atoms with Gasteiger partial charge in [0.25, 0.3) is 11.8 Å². The van der Waals surface area contributed by atoms with E-state index in [-0.39, 0.29) is 46.9 Å². The first-order valence-corrected chi connectivity index (χ1v) is 14.7. The molecule has 2 aromatic heterocycles. The second-order valence-electron chi connectivity index (χ2n) is 9.32. The highest BCUT2D eigenvalue weighted by molar-refractivity contribution is 7.84. The van der Waals surface area contributed by atoms with Gasteiger partial charge in [-0.25, -0.2) is 14.1 Å². The van der Waals surface area contributed by atoms with Crippen molar-refractivity contribution in [3.8, 4) is 0 Å². The first-order valence-electron chi connectivity index (χ1n) is 12.4.